The number of hydrogen-bond acceptors (Lipinski definition) is 3. The zero-order valence-corrected chi connectivity index (χ0v) is 11.8. The number of unbranched alkanes of at least 4 members (excludes halogenated alkanes) is 1. The summed E-state index contributed by atoms with van der Waals surface area (Å²) >= 11 is 0. The van der Waals surface area contributed by atoms with Gasteiger partial charge in [0.15, 0.2) is 0 Å². The summed E-state index contributed by atoms with van der Waals surface area (Å²) < 4.78 is 10.6. The zero-order valence-electron chi connectivity index (χ0n) is 11.8. The molecular weight excluding hydrogens is 242 g/mol. The van der Waals surface area contributed by atoms with Crippen molar-refractivity contribution in [2.24, 2.45) is 0 Å². The van der Waals surface area contributed by atoms with E-state index in [2.05, 4.69) is 12.2 Å². The van der Waals surface area contributed by atoms with Crippen molar-refractivity contribution in [2.75, 3.05) is 20.3 Å². The van der Waals surface area contributed by atoms with Crippen LogP contribution in [0.1, 0.15) is 32.6 Å². The largest absolute Gasteiger partial charge is 0.497 e. The average molecular weight is 265 g/mol. The number of hydrogen-bond donors (Lipinski definition) is 1. The van der Waals surface area contributed by atoms with Crippen molar-refractivity contribution in [1.82, 2.24) is 5.32 Å². The lowest BCUT2D eigenvalue weighted by atomic mass is 10.3. The van der Waals surface area contributed by atoms with Crippen molar-refractivity contribution < 1.29 is 14.3 Å². The second-order valence-corrected chi connectivity index (χ2v) is 4.33. The minimum atomic E-state index is 0.104. The summed E-state index contributed by atoms with van der Waals surface area (Å²) in [5.41, 5.74) is 0. The molecular formula is C15H23NO3. The lowest BCUT2D eigenvalue weighted by Gasteiger charge is -2.07. The lowest BCUT2D eigenvalue weighted by molar-refractivity contribution is -0.121. The van der Waals surface area contributed by atoms with E-state index in [9.17, 15) is 4.79 Å². The van der Waals surface area contributed by atoms with E-state index >= 15 is 0 Å². The third kappa shape index (κ3) is 6.70. The van der Waals surface area contributed by atoms with Crippen LogP contribution in [0.15, 0.2) is 24.3 Å². The summed E-state index contributed by atoms with van der Waals surface area (Å²) in [5.74, 6) is 1.71. The van der Waals surface area contributed by atoms with Crippen LogP contribution in [-0.4, -0.2) is 26.2 Å². The topological polar surface area (TPSA) is 47.6 Å². The smallest absolute Gasteiger partial charge is 0.220 e. The van der Waals surface area contributed by atoms with Crippen LogP contribution in [0.3, 0.4) is 0 Å². The van der Waals surface area contributed by atoms with Crippen molar-refractivity contribution in [3.8, 4) is 11.5 Å². The second kappa shape index (κ2) is 9.25. The molecule has 4 heteroatoms. The highest BCUT2D eigenvalue weighted by Gasteiger charge is 2.01. The Bertz CT molecular complexity index is 362. The number of amides is 1. The van der Waals surface area contributed by atoms with Crippen LogP contribution in [0.2, 0.25) is 0 Å². The molecule has 0 heterocycles. The number of carbonyl (C=O) groups excluding carboxylic acids is 1. The Morgan fingerprint density at radius 3 is 2.47 bits per heavy atom. The normalized spacial score (nSPS) is 10.0. The van der Waals surface area contributed by atoms with E-state index in [0.717, 1.165) is 37.3 Å². The minimum Gasteiger partial charge on any atom is -0.497 e. The van der Waals surface area contributed by atoms with Crippen LogP contribution in [0, 0.1) is 0 Å². The summed E-state index contributed by atoms with van der Waals surface area (Å²) in [7, 11) is 1.63. The van der Waals surface area contributed by atoms with Gasteiger partial charge >= 0.3 is 0 Å². The first kappa shape index (κ1) is 15.3. The maximum atomic E-state index is 11.4. The highest BCUT2D eigenvalue weighted by atomic mass is 16.5. The molecule has 0 saturated carbocycles. The number of methoxy groups -OCH3 is 1. The molecule has 1 aromatic carbocycles. The fraction of sp³-hybridized carbons (Fsp3) is 0.533. The SMILES string of the molecule is CCCCNC(=O)CCCOc1ccc(OC)cc1. The van der Waals surface area contributed by atoms with Gasteiger partial charge in [0.25, 0.3) is 0 Å². The van der Waals surface area contributed by atoms with Gasteiger partial charge in [0.1, 0.15) is 11.5 Å². The van der Waals surface area contributed by atoms with Gasteiger partial charge in [-0.15, -0.1) is 0 Å². The molecule has 0 fully saturated rings. The Labute approximate surface area is 115 Å². The molecule has 0 aromatic heterocycles. The van der Waals surface area contributed by atoms with Crippen LogP contribution in [0.4, 0.5) is 0 Å². The molecule has 0 unspecified atom stereocenters. The van der Waals surface area contributed by atoms with Crippen molar-refractivity contribution in [2.45, 2.75) is 32.6 Å². The first-order chi connectivity index (χ1) is 9.26. The highest BCUT2D eigenvalue weighted by molar-refractivity contribution is 5.75. The minimum absolute atomic E-state index is 0.104. The van der Waals surface area contributed by atoms with E-state index < -0.39 is 0 Å². The van der Waals surface area contributed by atoms with E-state index in [1.54, 1.807) is 7.11 Å². The van der Waals surface area contributed by atoms with E-state index in [1.807, 2.05) is 24.3 Å². The predicted molar refractivity (Wildman–Crippen MR) is 75.6 cm³/mol. The standard InChI is InChI=1S/C15H23NO3/c1-3-4-11-16-15(17)6-5-12-19-14-9-7-13(18-2)8-10-14/h7-10H,3-6,11-12H2,1-2H3,(H,16,17). The zero-order chi connectivity index (χ0) is 13.9. The van der Waals surface area contributed by atoms with Crippen molar-refractivity contribution >= 4 is 5.91 Å². The number of nitrogens with one attached hydrogen (secondary N) is 1. The number of ether oxygens (including phenoxy) is 2. The molecule has 19 heavy (non-hydrogen) atoms. The quantitative estimate of drug-likeness (QED) is 0.698. The Morgan fingerprint density at radius 1 is 1.16 bits per heavy atom. The molecule has 0 spiro atoms. The Kier molecular flexibility index (Phi) is 7.47. The Hall–Kier alpha value is -1.71. The van der Waals surface area contributed by atoms with Crippen LogP contribution >= 0.6 is 0 Å². The van der Waals surface area contributed by atoms with E-state index in [-0.39, 0.29) is 5.91 Å². The summed E-state index contributed by atoms with van der Waals surface area (Å²) in [6.45, 7) is 3.43. The molecule has 0 aliphatic carbocycles. The Balaban J connectivity index is 2.11. The van der Waals surface area contributed by atoms with Crippen LogP contribution in [0.5, 0.6) is 11.5 Å². The van der Waals surface area contributed by atoms with Crippen LogP contribution in [0.25, 0.3) is 0 Å². The van der Waals surface area contributed by atoms with Crippen molar-refractivity contribution in [1.29, 1.82) is 0 Å². The molecule has 0 aliphatic heterocycles. The molecule has 106 valence electrons. The van der Waals surface area contributed by atoms with Gasteiger partial charge in [0.2, 0.25) is 5.91 Å². The first-order valence-corrected chi connectivity index (χ1v) is 6.79. The number of benzene rings is 1. The third-order valence-electron chi connectivity index (χ3n) is 2.73. The van der Waals surface area contributed by atoms with Crippen molar-refractivity contribution in [3.63, 3.8) is 0 Å². The molecule has 0 radical (unpaired) electrons. The highest BCUT2D eigenvalue weighted by Crippen LogP contribution is 2.17. The van der Waals surface area contributed by atoms with Gasteiger partial charge in [-0.25, -0.2) is 0 Å². The maximum Gasteiger partial charge on any atom is 0.220 e. The molecule has 1 amide bonds. The summed E-state index contributed by atoms with van der Waals surface area (Å²) in [4.78, 5) is 11.4. The fourth-order valence-electron chi connectivity index (χ4n) is 1.59. The van der Waals surface area contributed by atoms with E-state index in [1.165, 1.54) is 0 Å². The van der Waals surface area contributed by atoms with Crippen LogP contribution in [-0.2, 0) is 4.79 Å². The summed E-state index contributed by atoms with van der Waals surface area (Å²) in [6.07, 6.45) is 3.37. The predicted octanol–water partition coefficient (Wildman–Crippen LogP) is 2.77. The van der Waals surface area contributed by atoms with Crippen molar-refractivity contribution in [3.05, 3.63) is 24.3 Å². The molecule has 1 rings (SSSR count). The van der Waals surface area contributed by atoms with Gasteiger partial charge in [-0.2, -0.15) is 0 Å². The van der Waals surface area contributed by atoms with Gasteiger partial charge in [0.05, 0.1) is 13.7 Å². The van der Waals surface area contributed by atoms with Gasteiger partial charge in [-0.1, -0.05) is 13.3 Å². The second-order valence-electron chi connectivity index (χ2n) is 4.33. The Morgan fingerprint density at radius 2 is 1.84 bits per heavy atom. The van der Waals surface area contributed by atoms with E-state index in [4.69, 9.17) is 9.47 Å². The fourth-order valence-corrected chi connectivity index (χ4v) is 1.59. The number of rotatable bonds is 9. The molecule has 1 N–H and O–H groups in total. The van der Waals surface area contributed by atoms with Gasteiger partial charge in [0, 0.05) is 13.0 Å². The molecule has 4 nitrogen and oxygen atoms in total. The lowest BCUT2D eigenvalue weighted by Crippen LogP contribution is -2.24. The molecule has 0 atom stereocenters. The summed E-state index contributed by atoms with van der Waals surface area (Å²) in [5, 5.41) is 2.89. The molecule has 1 aromatic rings. The maximum absolute atomic E-state index is 11.4. The molecule has 0 bridgehead atoms. The monoisotopic (exact) mass is 265 g/mol. The van der Waals surface area contributed by atoms with E-state index in [0.29, 0.717) is 13.0 Å². The van der Waals surface area contributed by atoms with Gasteiger partial charge < -0.3 is 14.8 Å². The summed E-state index contributed by atoms with van der Waals surface area (Å²) in [6, 6.07) is 7.43. The number of carbonyl (C=O) groups is 1. The molecule has 0 saturated heterocycles. The van der Waals surface area contributed by atoms with Gasteiger partial charge in [-0.3, -0.25) is 4.79 Å². The average Bonchev–Trinajstić information content (AvgIpc) is 2.44. The molecule has 0 aliphatic rings. The van der Waals surface area contributed by atoms with Gasteiger partial charge in [-0.05, 0) is 37.1 Å². The first-order valence-electron chi connectivity index (χ1n) is 6.79. The third-order valence-corrected chi connectivity index (χ3v) is 2.73. The van der Waals surface area contributed by atoms with Crippen LogP contribution < -0.4 is 14.8 Å².